The largest absolute Gasteiger partial charge is 0.342 e. The third-order valence-corrected chi connectivity index (χ3v) is 5.33. The van der Waals surface area contributed by atoms with Crippen molar-refractivity contribution in [3.63, 3.8) is 0 Å². The summed E-state index contributed by atoms with van der Waals surface area (Å²) in [6.45, 7) is 8.89. The van der Waals surface area contributed by atoms with Gasteiger partial charge in [0.25, 0.3) is 0 Å². The van der Waals surface area contributed by atoms with Gasteiger partial charge in [0.05, 0.1) is 0 Å². The van der Waals surface area contributed by atoms with Gasteiger partial charge >= 0.3 is 0 Å². The van der Waals surface area contributed by atoms with Crippen LogP contribution in [0.5, 0.6) is 0 Å². The monoisotopic (exact) mass is 280 g/mol. The smallest absolute Gasteiger partial charge is 0.225 e. The summed E-state index contributed by atoms with van der Waals surface area (Å²) >= 11 is 0. The molecule has 1 amide bonds. The van der Waals surface area contributed by atoms with Gasteiger partial charge in [-0.1, -0.05) is 27.2 Å². The van der Waals surface area contributed by atoms with Crippen LogP contribution in [0.3, 0.4) is 0 Å². The summed E-state index contributed by atoms with van der Waals surface area (Å²) in [6.07, 6.45) is 7.74. The van der Waals surface area contributed by atoms with Gasteiger partial charge in [0, 0.05) is 25.0 Å². The fraction of sp³-hybridized carbons (Fsp3) is 0.941. The highest BCUT2D eigenvalue weighted by atomic mass is 16.2. The SMILES string of the molecule is CC(C)(C)C1CCCN(C(=O)C2CCCC(N)C2)CC1. The summed E-state index contributed by atoms with van der Waals surface area (Å²) in [4.78, 5) is 14.8. The van der Waals surface area contributed by atoms with E-state index in [0.717, 1.165) is 57.5 Å². The van der Waals surface area contributed by atoms with E-state index in [4.69, 9.17) is 5.73 Å². The van der Waals surface area contributed by atoms with Crippen LogP contribution < -0.4 is 5.73 Å². The standard InChI is InChI=1S/C17H32N2O/c1-17(2,3)14-7-5-10-19(11-9-14)16(20)13-6-4-8-15(18)12-13/h13-15H,4-12,18H2,1-3H3. The van der Waals surface area contributed by atoms with Gasteiger partial charge in [-0.25, -0.2) is 0 Å². The zero-order valence-electron chi connectivity index (χ0n) is 13.5. The van der Waals surface area contributed by atoms with Crippen molar-refractivity contribution in [2.75, 3.05) is 13.1 Å². The van der Waals surface area contributed by atoms with Gasteiger partial charge in [-0.2, -0.15) is 0 Å². The first-order valence-corrected chi connectivity index (χ1v) is 8.42. The topological polar surface area (TPSA) is 46.3 Å². The summed E-state index contributed by atoms with van der Waals surface area (Å²) in [5.41, 5.74) is 6.40. The molecule has 116 valence electrons. The lowest BCUT2D eigenvalue weighted by molar-refractivity contribution is -0.136. The summed E-state index contributed by atoms with van der Waals surface area (Å²) in [5.74, 6) is 1.33. The van der Waals surface area contributed by atoms with E-state index in [9.17, 15) is 4.79 Å². The molecule has 0 radical (unpaired) electrons. The van der Waals surface area contributed by atoms with Crippen LogP contribution in [0.2, 0.25) is 0 Å². The van der Waals surface area contributed by atoms with Crippen LogP contribution >= 0.6 is 0 Å². The highest BCUT2D eigenvalue weighted by Gasteiger charge is 2.32. The molecular formula is C17H32N2O. The number of amides is 1. The Labute approximate surface area is 124 Å². The third kappa shape index (κ3) is 3.97. The molecule has 1 aliphatic heterocycles. The molecule has 2 N–H and O–H groups in total. The second kappa shape index (κ2) is 6.46. The molecule has 1 saturated carbocycles. The van der Waals surface area contributed by atoms with Crippen molar-refractivity contribution < 1.29 is 4.79 Å². The van der Waals surface area contributed by atoms with Crippen molar-refractivity contribution in [2.24, 2.45) is 23.0 Å². The number of carbonyl (C=O) groups is 1. The Morgan fingerprint density at radius 1 is 1.05 bits per heavy atom. The molecule has 2 rings (SSSR count). The molecule has 0 aromatic heterocycles. The number of likely N-dealkylation sites (tertiary alicyclic amines) is 1. The van der Waals surface area contributed by atoms with Crippen molar-refractivity contribution in [3.05, 3.63) is 0 Å². The molecule has 2 fully saturated rings. The minimum atomic E-state index is 0.199. The number of hydrogen-bond donors (Lipinski definition) is 1. The van der Waals surface area contributed by atoms with E-state index in [2.05, 4.69) is 25.7 Å². The molecule has 20 heavy (non-hydrogen) atoms. The molecule has 3 unspecified atom stereocenters. The molecule has 2 aliphatic rings. The molecule has 1 saturated heterocycles. The molecule has 3 atom stereocenters. The van der Waals surface area contributed by atoms with Crippen LogP contribution in [0.4, 0.5) is 0 Å². The van der Waals surface area contributed by atoms with Crippen molar-refractivity contribution in [2.45, 2.75) is 71.8 Å². The fourth-order valence-corrected chi connectivity index (χ4v) is 3.89. The van der Waals surface area contributed by atoms with Gasteiger partial charge < -0.3 is 10.6 Å². The second-order valence-electron chi connectivity index (χ2n) is 7.94. The maximum absolute atomic E-state index is 12.7. The van der Waals surface area contributed by atoms with Gasteiger partial charge in [-0.15, -0.1) is 0 Å². The summed E-state index contributed by atoms with van der Waals surface area (Å²) < 4.78 is 0. The van der Waals surface area contributed by atoms with Gasteiger partial charge in [-0.05, 0) is 49.9 Å². The van der Waals surface area contributed by atoms with Gasteiger partial charge in [0.1, 0.15) is 0 Å². The molecule has 1 aliphatic carbocycles. The third-order valence-electron chi connectivity index (χ3n) is 5.33. The lowest BCUT2D eigenvalue weighted by Gasteiger charge is -2.32. The molecule has 3 nitrogen and oxygen atoms in total. The van der Waals surface area contributed by atoms with Crippen LogP contribution in [-0.4, -0.2) is 29.9 Å². The van der Waals surface area contributed by atoms with Crippen LogP contribution in [0, 0.1) is 17.3 Å². The van der Waals surface area contributed by atoms with Gasteiger partial charge in [-0.3, -0.25) is 4.79 Å². The molecule has 1 heterocycles. The quantitative estimate of drug-likeness (QED) is 0.802. The van der Waals surface area contributed by atoms with E-state index in [1.165, 1.54) is 6.42 Å². The summed E-state index contributed by atoms with van der Waals surface area (Å²) in [5, 5.41) is 0. The van der Waals surface area contributed by atoms with E-state index in [1.807, 2.05) is 0 Å². The second-order valence-corrected chi connectivity index (χ2v) is 7.94. The molecule has 3 heteroatoms. The van der Waals surface area contributed by atoms with Crippen LogP contribution in [0.1, 0.15) is 65.7 Å². The molecule has 0 bridgehead atoms. The predicted octanol–water partition coefficient (Wildman–Crippen LogP) is 3.18. The van der Waals surface area contributed by atoms with Crippen molar-refractivity contribution in [1.82, 2.24) is 4.90 Å². The molecule has 0 aromatic carbocycles. The Kier molecular flexibility index (Phi) is 5.11. The van der Waals surface area contributed by atoms with Crippen LogP contribution in [-0.2, 0) is 4.79 Å². The maximum Gasteiger partial charge on any atom is 0.225 e. The number of hydrogen-bond acceptors (Lipinski definition) is 2. The van der Waals surface area contributed by atoms with E-state index in [1.54, 1.807) is 0 Å². The molecular weight excluding hydrogens is 248 g/mol. The Morgan fingerprint density at radius 2 is 1.80 bits per heavy atom. The predicted molar refractivity (Wildman–Crippen MR) is 83.3 cm³/mol. The van der Waals surface area contributed by atoms with Crippen LogP contribution in [0.25, 0.3) is 0 Å². The first kappa shape index (κ1) is 15.8. The number of nitrogens with zero attached hydrogens (tertiary/aromatic N) is 1. The van der Waals surface area contributed by atoms with E-state index >= 15 is 0 Å². The lowest BCUT2D eigenvalue weighted by atomic mass is 9.77. The average Bonchev–Trinajstić information content (AvgIpc) is 2.63. The molecule has 0 spiro atoms. The van der Waals surface area contributed by atoms with Gasteiger partial charge in [0.2, 0.25) is 5.91 Å². The highest BCUT2D eigenvalue weighted by molar-refractivity contribution is 5.79. The average molecular weight is 280 g/mol. The first-order valence-electron chi connectivity index (χ1n) is 8.42. The lowest BCUT2D eigenvalue weighted by Crippen LogP contribution is -2.41. The van der Waals surface area contributed by atoms with E-state index in [-0.39, 0.29) is 12.0 Å². The van der Waals surface area contributed by atoms with Crippen molar-refractivity contribution in [3.8, 4) is 0 Å². The summed E-state index contributed by atoms with van der Waals surface area (Å²) in [7, 11) is 0. The first-order chi connectivity index (χ1) is 9.38. The van der Waals surface area contributed by atoms with E-state index in [0.29, 0.717) is 11.3 Å². The molecule has 0 aromatic rings. The zero-order valence-corrected chi connectivity index (χ0v) is 13.5. The number of carbonyl (C=O) groups excluding carboxylic acids is 1. The minimum Gasteiger partial charge on any atom is -0.342 e. The van der Waals surface area contributed by atoms with Crippen molar-refractivity contribution >= 4 is 5.91 Å². The normalized spacial score (nSPS) is 32.8. The van der Waals surface area contributed by atoms with E-state index < -0.39 is 0 Å². The Bertz CT molecular complexity index is 334. The maximum atomic E-state index is 12.7. The number of rotatable bonds is 1. The Hall–Kier alpha value is -0.570. The van der Waals surface area contributed by atoms with Crippen molar-refractivity contribution in [1.29, 1.82) is 0 Å². The fourth-order valence-electron chi connectivity index (χ4n) is 3.89. The Morgan fingerprint density at radius 3 is 2.45 bits per heavy atom. The summed E-state index contributed by atoms with van der Waals surface area (Å²) in [6, 6.07) is 0.243. The van der Waals surface area contributed by atoms with Crippen LogP contribution in [0.15, 0.2) is 0 Å². The number of nitrogens with two attached hydrogens (primary N) is 1. The highest BCUT2D eigenvalue weighted by Crippen LogP contribution is 2.35. The van der Waals surface area contributed by atoms with Gasteiger partial charge in [0.15, 0.2) is 0 Å². The minimum absolute atomic E-state index is 0.199. The Balaban J connectivity index is 1.91. The zero-order chi connectivity index (χ0) is 14.8.